The lowest BCUT2D eigenvalue weighted by Gasteiger charge is -2.29. The Morgan fingerprint density at radius 2 is 2.17 bits per heavy atom. The highest BCUT2D eigenvalue weighted by Crippen LogP contribution is 2.15. The van der Waals surface area contributed by atoms with Crippen molar-refractivity contribution in [1.82, 2.24) is 4.90 Å². The SMILES string of the molecule is CC1CCN(C(=O)COI)CC1. The molecule has 1 aliphatic heterocycles. The van der Waals surface area contributed by atoms with Gasteiger partial charge < -0.3 is 7.97 Å². The summed E-state index contributed by atoms with van der Waals surface area (Å²) < 4.78 is 4.76. The molecule has 0 aromatic rings. The fourth-order valence-corrected chi connectivity index (χ4v) is 1.66. The van der Waals surface area contributed by atoms with Crippen LogP contribution in [0.25, 0.3) is 0 Å². The molecule has 0 unspecified atom stereocenters. The molecule has 0 bridgehead atoms. The first kappa shape index (κ1) is 10.2. The highest BCUT2D eigenvalue weighted by molar-refractivity contribution is 14.1. The lowest BCUT2D eigenvalue weighted by molar-refractivity contribution is -0.133. The van der Waals surface area contributed by atoms with Gasteiger partial charge in [-0.25, -0.2) is 0 Å². The van der Waals surface area contributed by atoms with Crippen molar-refractivity contribution in [2.24, 2.45) is 5.92 Å². The number of hydrogen-bond donors (Lipinski definition) is 0. The van der Waals surface area contributed by atoms with Crippen LogP contribution in [0, 0.1) is 5.92 Å². The summed E-state index contributed by atoms with van der Waals surface area (Å²) in [7, 11) is 0. The molecular weight excluding hydrogens is 269 g/mol. The lowest BCUT2D eigenvalue weighted by atomic mass is 9.99. The van der Waals surface area contributed by atoms with Crippen LogP contribution in [-0.2, 0) is 7.86 Å². The third kappa shape index (κ3) is 2.90. The van der Waals surface area contributed by atoms with Crippen LogP contribution in [0.15, 0.2) is 0 Å². The number of hydrogen-bond acceptors (Lipinski definition) is 2. The van der Waals surface area contributed by atoms with Gasteiger partial charge in [-0.05, 0) is 18.8 Å². The number of piperidine rings is 1. The maximum absolute atomic E-state index is 11.3. The molecule has 0 aromatic carbocycles. The van der Waals surface area contributed by atoms with E-state index in [1.807, 2.05) is 4.90 Å². The van der Waals surface area contributed by atoms with Crippen LogP contribution >= 0.6 is 23.0 Å². The molecule has 1 aliphatic rings. The largest absolute Gasteiger partial charge is 0.341 e. The van der Waals surface area contributed by atoms with E-state index in [-0.39, 0.29) is 12.5 Å². The van der Waals surface area contributed by atoms with Crippen molar-refractivity contribution in [3.05, 3.63) is 0 Å². The average molecular weight is 283 g/mol. The Morgan fingerprint density at radius 1 is 1.58 bits per heavy atom. The van der Waals surface area contributed by atoms with Crippen molar-refractivity contribution in [2.75, 3.05) is 19.7 Å². The molecule has 0 saturated carbocycles. The Balaban J connectivity index is 2.29. The quantitative estimate of drug-likeness (QED) is 0.721. The summed E-state index contributed by atoms with van der Waals surface area (Å²) in [4.78, 5) is 13.2. The summed E-state index contributed by atoms with van der Waals surface area (Å²) in [5.41, 5.74) is 0. The van der Waals surface area contributed by atoms with Gasteiger partial charge in [0.1, 0.15) is 29.6 Å². The first-order valence-corrected chi connectivity index (χ1v) is 5.13. The van der Waals surface area contributed by atoms with Crippen LogP contribution in [0.1, 0.15) is 19.8 Å². The topological polar surface area (TPSA) is 29.5 Å². The zero-order chi connectivity index (χ0) is 8.97. The Bertz CT molecular complexity index is 155. The molecule has 0 atom stereocenters. The highest BCUT2D eigenvalue weighted by atomic mass is 127. The number of amides is 1. The van der Waals surface area contributed by atoms with E-state index < -0.39 is 0 Å². The van der Waals surface area contributed by atoms with Gasteiger partial charge in [0.2, 0.25) is 5.91 Å². The summed E-state index contributed by atoms with van der Waals surface area (Å²) in [5, 5.41) is 0. The highest BCUT2D eigenvalue weighted by Gasteiger charge is 2.19. The van der Waals surface area contributed by atoms with Crippen LogP contribution in [0.4, 0.5) is 0 Å². The third-order valence-electron chi connectivity index (χ3n) is 2.31. The molecule has 1 fully saturated rings. The number of likely N-dealkylation sites (tertiary alicyclic amines) is 1. The molecule has 0 aliphatic carbocycles. The zero-order valence-electron chi connectivity index (χ0n) is 7.25. The number of carbonyl (C=O) groups excluding carboxylic acids is 1. The van der Waals surface area contributed by atoms with Crippen LogP contribution in [-0.4, -0.2) is 30.5 Å². The normalized spacial score (nSPS) is 19.7. The molecule has 1 heterocycles. The number of halogens is 1. The Morgan fingerprint density at radius 3 is 2.67 bits per heavy atom. The van der Waals surface area contributed by atoms with E-state index in [1.165, 1.54) is 0 Å². The zero-order valence-corrected chi connectivity index (χ0v) is 9.41. The molecule has 12 heavy (non-hydrogen) atoms. The number of rotatable bonds is 2. The second kappa shape index (κ2) is 5.01. The fourth-order valence-electron chi connectivity index (χ4n) is 1.40. The van der Waals surface area contributed by atoms with Gasteiger partial charge >= 0.3 is 0 Å². The second-order valence-corrected chi connectivity index (χ2v) is 3.94. The molecule has 1 rings (SSSR count). The van der Waals surface area contributed by atoms with Crippen LogP contribution in [0.3, 0.4) is 0 Å². The van der Waals surface area contributed by atoms with Gasteiger partial charge in [0, 0.05) is 13.1 Å². The fraction of sp³-hybridized carbons (Fsp3) is 0.875. The number of carbonyl (C=O) groups is 1. The Labute approximate surface area is 87.1 Å². The minimum atomic E-state index is 0.122. The van der Waals surface area contributed by atoms with Crippen molar-refractivity contribution in [3.8, 4) is 0 Å². The van der Waals surface area contributed by atoms with Crippen LogP contribution < -0.4 is 0 Å². The molecule has 70 valence electrons. The van der Waals surface area contributed by atoms with Crippen molar-refractivity contribution < 1.29 is 7.86 Å². The van der Waals surface area contributed by atoms with Gasteiger partial charge in [-0.1, -0.05) is 6.92 Å². The molecule has 0 aromatic heterocycles. The minimum Gasteiger partial charge on any atom is -0.341 e. The van der Waals surface area contributed by atoms with Gasteiger partial charge in [0.15, 0.2) is 0 Å². The maximum atomic E-state index is 11.3. The second-order valence-electron chi connectivity index (χ2n) is 3.32. The Kier molecular flexibility index (Phi) is 4.28. The molecule has 0 radical (unpaired) electrons. The van der Waals surface area contributed by atoms with E-state index in [4.69, 9.17) is 3.07 Å². The van der Waals surface area contributed by atoms with E-state index in [0.29, 0.717) is 0 Å². The smallest absolute Gasteiger partial charge is 0.249 e. The maximum Gasteiger partial charge on any atom is 0.249 e. The molecular formula is C8H14INO2. The van der Waals surface area contributed by atoms with Gasteiger partial charge in [-0.3, -0.25) is 4.79 Å². The predicted octanol–water partition coefficient (Wildman–Crippen LogP) is 1.61. The van der Waals surface area contributed by atoms with Crippen molar-refractivity contribution in [1.29, 1.82) is 0 Å². The summed E-state index contributed by atoms with van der Waals surface area (Å²) in [6.07, 6.45) is 2.26. The first-order valence-electron chi connectivity index (χ1n) is 4.25. The van der Waals surface area contributed by atoms with Gasteiger partial charge in [0.05, 0.1) is 0 Å². The molecule has 0 spiro atoms. The standard InChI is InChI=1S/C8H14INO2/c1-7-2-4-10(5-3-7)8(11)6-12-9/h7H,2-6H2,1H3. The Hall–Kier alpha value is 0.160. The summed E-state index contributed by atoms with van der Waals surface area (Å²) in [6, 6.07) is 0. The van der Waals surface area contributed by atoms with Gasteiger partial charge in [0.25, 0.3) is 0 Å². The molecule has 4 heteroatoms. The lowest BCUT2D eigenvalue weighted by Crippen LogP contribution is -2.39. The number of nitrogens with zero attached hydrogens (tertiary/aromatic N) is 1. The van der Waals surface area contributed by atoms with Crippen LogP contribution in [0.2, 0.25) is 0 Å². The monoisotopic (exact) mass is 283 g/mol. The van der Waals surface area contributed by atoms with E-state index in [2.05, 4.69) is 6.92 Å². The van der Waals surface area contributed by atoms with Crippen molar-refractivity contribution >= 4 is 28.9 Å². The third-order valence-corrected chi connectivity index (χ3v) is 2.63. The van der Waals surface area contributed by atoms with E-state index in [1.54, 1.807) is 23.0 Å². The van der Waals surface area contributed by atoms with Crippen molar-refractivity contribution in [2.45, 2.75) is 19.8 Å². The van der Waals surface area contributed by atoms with Gasteiger partial charge in [-0.15, -0.1) is 0 Å². The summed E-state index contributed by atoms with van der Waals surface area (Å²) >= 11 is 1.76. The minimum absolute atomic E-state index is 0.122. The summed E-state index contributed by atoms with van der Waals surface area (Å²) in [6.45, 7) is 4.26. The van der Waals surface area contributed by atoms with Gasteiger partial charge in [-0.2, -0.15) is 0 Å². The summed E-state index contributed by atoms with van der Waals surface area (Å²) in [5.74, 6) is 0.894. The molecule has 1 saturated heterocycles. The molecule has 3 nitrogen and oxygen atoms in total. The molecule has 1 amide bonds. The first-order chi connectivity index (χ1) is 5.74. The van der Waals surface area contributed by atoms with Crippen LogP contribution in [0.5, 0.6) is 0 Å². The predicted molar refractivity (Wildman–Crippen MR) is 55.0 cm³/mol. The van der Waals surface area contributed by atoms with E-state index in [0.717, 1.165) is 31.8 Å². The average Bonchev–Trinajstić information content (AvgIpc) is 2.06. The van der Waals surface area contributed by atoms with Crippen molar-refractivity contribution in [3.63, 3.8) is 0 Å². The molecule has 0 N–H and O–H groups in total. The van der Waals surface area contributed by atoms with E-state index >= 15 is 0 Å². The van der Waals surface area contributed by atoms with E-state index in [9.17, 15) is 4.79 Å².